The number of rotatable bonds is 15. The number of hydrogen-bond donors (Lipinski definition) is 0. The number of aromatic nitrogens is 4. The van der Waals surface area contributed by atoms with Gasteiger partial charge in [0, 0.05) is 18.2 Å². The van der Waals surface area contributed by atoms with E-state index in [-0.39, 0.29) is 42.4 Å². The van der Waals surface area contributed by atoms with E-state index in [4.69, 9.17) is 23.4 Å². The van der Waals surface area contributed by atoms with Crippen LogP contribution in [0, 0.1) is 5.82 Å². The summed E-state index contributed by atoms with van der Waals surface area (Å²) >= 11 is 5.01. The largest absolute Gasteiger partial charge is 0.543 e. The van der Waals surface area contributed by atoms with Gasteiger partial charge in [0.2, 0.25) is 20.3 Å². The van der Waals surface area contributed by atoms with Gasteiger partial charge in [0.05, 0.1) is 33.5 Å². The molecule has 0 fully saturated rings. The fourth-order valence-corrected chi connectivity index (χ4v) is 7.81. The highest BCUT2D eigenvalue weighted by Crippen LogP contribution is 2.45. The summed E-state index contributed by atoms with van der Waals surface area (Å²) in [5.41, 5.74) is 1.64. The van der Waals surface area contributed by atoms with Crippen LogP contribution in [-0.4, -0.2) is 59.7 Å². The number of benzene rings is 2. The summed E-state index contributed by atoms with van der Waals surface area (Å²) in [7, 11) is -2.29. The minimum Gasteiger partial charge on any atom is -0.543 e. The molecular formula is C37H39BrF4N4O6SSi. The van der Waals surface area contributed by atoms with E-state index in [1.54, 1.807) is 43.3 Å². The van der Waals surface area contributed by atoms with Crippen molar-refractivity contribution in [1.82, 2.24) is 19.9 Å². The molecule has 54 heavy (non-hydrogen) atoms. The number of nitrogens with zero attached hydrogens (tertiary/aromatic N) is 4. The molecule has 0 radical (unpaired) electrons. The van der Waals surface area contributed by atoms with Gasteiger partial charge in [-0.2, -0.15) is 18.2 Å². The summed E-state index contributed by atoms with van der Waals surface area (Å²) in [5, 5.41) is 0.421. The first-order valence-corrected chi connectivity index (χ1v) is 21.4. The minimum absolute atomic E-state index is 0.0312. The van der Waals surface area contributed by atoms with Gasteiger partial charge in [-0.1, -0.05) is 32.9 Å². The van der Waals surface area contributed by atoms with E-state index in [9.17, 15) is 22.4 Å². The van der Waals surface area contributed by atoms with Crippen LogP contribution in [0.15, 0.2) is 65.5 Å². The van der Waals surface area contributed by atoms with Crippen molar-refractivity contribution in [2.24, 2.45) is 0 Å². The molecule has 0 saturated heterocycles. The number of carbonyl (C=O) groups is 1. The van der Waals surface area contributed by atoms with Gasteiger partial charge in [0.1, 0.15) is 41.7 Å². The van der Waals surface area contributed by atoms with Crippen LogP contribution in [0.1, 0.15) is 45.4 Å². The lowest BCUT2D eigenvalue weighted by Crippen LogP contribution is -2.43. The van der Waals surface area contributed by atoms with Crippen LogP contribution >= 0.6 is 27.3 Å². The van der Waals surface area contributed by atoms with Crippen molar-refractivity contribution < 1.29 is 45.7 Å². The molecule has 3 aromatic heterocycles. The number of fused-ring (bicyclic) bond motifs is 1. The smallest absolute Gasteiger partial charge is 0.392 e. The third-order valence-electron chi connectivity index (χ3n) is 8.60. The predicted molar refractivity (Wildman–Crippen MR) is 202 cm³/mol. The molecule has 3 heterocycles. The normalized spacial score (nSPS) is 12.7. The molecule has 0 amide bonds. The lowest BCUT2D eigenvalue weighted by atomic mass is 10.1. The van der Waals surface area contributed by atoms with E-state index < -0.39 is 39.6 Å². The third kappa shape index (κ3) is 10.4. The van der Waals surface area contributed by atoms with E-state index >= 15 is 0 Å². The number of esters is 1. The van der Waals surface area contributed by atoms with Crippen LogP contribution in [-0.2, 0) is 22.6 Å². The van der Waals surface area contributed by atoms with Crippen molar-refractivity contribution in [3.05, 3.63) is 82.6 Å². The first-order chi connectivity index (χ1) is 25.4. The number of hydrogen-bond acceptors (Lipinski definition) is 11. The van der Waals surface area contributed by atoms with E-state index in [1.165, 1.54) is 36.0 Å². The summed E-state index contributed by atoms with van der Waals surface area (Å²) in [6, 6.07) is 12.7. The molecule has 0 spiro atoms. The molecule has 0 bridgehead atoms. The molecule has 0 N–H and O–H groups in total. The molecular weight excluding hydrogens is 812 g/mol. The zero-order valence-electron chi connectivity index (χ0n) is 30.4. The molecule has 17 heteroatoms. The Balaban J connectivity index is 1.47. The molecule has 2 aromatic carbocycles. The number of alkyl halides is 3. The molecule has 288 valence electrons. The summed E-state index contributed by atoms with van der Waals surface area (Å²) in [6.07, 6.45) is -4.06. The second-order valence-electron chi connectivity index (χ2n) is 13.6. The van der Waals surface area contributed by atoms with Crippen LogP contribution in [0.2, 0.25) is 18.1 Å². The maximum absolute atomic E-state index is 13.7. The number of thiophene rings is 1. The summed E-state index contributed by atoms with van der Waals surface area (Å²) in [5.74, 6) is 0.0618. The Labute approximate surface area is 323 Å². The lowest BCUT2D eigenvalue weighted by Gasteiger charge is -2.36. The molecule has 1 atom stereocenters. The van der Waals surface area contributed by atoms with E-state index in [1.807, 2.05) is 0 Å². The quantitative estimate of drug-likeness (QED) is 0.0573. The van der Waals surface area contributed by atoms with Gasteiger partial charge in [-0.3, -0.25) is 0 Å². The van der Waals surface area contributed by atoms with Crippen molar-refractivity contribution >= 4 is 51.8 Å². The summed E-state index contributed by atoms with van der Waals surface area (Å²) in [6.45, 7) is 11.7. The molecule has 0 unspecified atom stereocenters. The maximum Gasteiger partial charge on any atom is 0.392 e. The lowest BCUT2D eigenvalue weighted by molar-refractivity contribution is -0.151. The third-order valence-corrected chi connectivity index (χ3v) is 15.2. The van der Waals surface area contributed by atoms with Gasteiger partial charge in [0.25, 0.3) is 0 Å². The highest BCUT2D eigenvalue weighted by Gasteiger charge is 2.39. The summed E-state index contributed by atoms with van der Waals surface area (Å²) < 4.78 is 81.9. The van der Waals surface area contributed by atoms with Crippen molar-refractivity contribution in [3.63, 3.8) is 0 Å². The number of halogens is 5. The van der Waals surface area contributed by atoms with Crippen molar-refractivity contribution in [2.45, 2.75) is 77.6 Å². The molecule has 0 aliphatic rings. The van der Waals surface area contributed by atoms with Gasteiger partial charge in [0.15, 0.2) is 0 Å². The predicted octanol–water partition coefficient (Wildman–Crippen LogP) is 9.90. The van der Waals surface area contributed by atoms with Crippen LogP contribution in [0.25, 0.3) is 20.7 Å². The van der Waals surface area contributed by atoms with Gasteiger partial charge in [-0.25, -0.2) is 24.1 Å². The fraction of sp³-hybridized carbons (Fsp3) is 0.378. The molecule has 0 aliphatic heterocycles. The fourth-order valence-electron chi connectivity index (χ4n) is 4.80. The molecule has 0 aliphatic carbocycles. The zero-order chi connectivity index (χ0) is 39.3. The van der Waals surface area contributed by atoms with Crippen LogP contribution in [0.5, 0.6) is 23.4 Å². The van der Waals surface area contributed by atoms with E-state index in [0.717, 1.165) is 10.4 Å². The Morgan fingerprint density at radius 3 is 2.43 bits per heavy atom. The van der Waals surface area contributed by atoms with Crippen LogP contribution in [0.3, 0.4) is 0 Å². The Morgan fingerprint density at radius 1 is 1.00 bits per heavy atom. The number of ether oxygens (including phenoxy) is 4. The number of carbonyl (C=O) groups excluding carboxylic acids is 1. The van der Waals surface area contributed by atoms with Crippen molar-refractivity contribution in [3.8, 4) is 33.8 Å². The Hall–Kier alpha value is -4.35. The van der Waals surface area contributed by atoms with Crippen LogP contribution < -0.4 is 18.6 Å². The van der Waals surface area contributed by atoms with Crippen LogP contribution in [0.4, 0.5) is 17.6 Å². The van der Waals surface area contributed by atoms with Crippen molar-refractivity contribution in [1.29, 1.82) is 0 Å². The monoisotopic (exact) mass is 850 g/mol. The molecule has 0 saturated carbocycles. The summed E-state index contributed by atoms with van der Waals surface area (Å²) in [4.78, 5) is 31.8. The topological polar surface area (TPSA) is 115 Å². The zero-order valence-corrected chi connectivity index (χ0v) is 33.8. The second kappa shape index (κ2) is 17.0. The average molecular weight is 852 g/mol. The molecule has 5 rings (SSSR count). The molecule has 5 aromatic rings. The van der Waals surface area contributed by atoms with E-state index in [2.05, 4.69) is 69.7 Å². The Morgan fingerprint density at radius 2 is 1.74 bits per heavy atom. The van der Waals surface area contributed by atoms with E-state index in [0.29, 0.717) is 37.4 Å². The first kappa shape index (κ1) is 40.8. The van der Waals surface area contributed by atoms with Crippen molar-refractivity contribution in [2.75, 3.05) is 13.2 Å². The van der Waals surface area contributed by atoms with Gasteiger partial charge in [-0.15, -0.1) is 11.3 Å². The first-order valence-electron chi connectivity index (χ1n) is 16.9. The Bertz CT molecular complexity index is 2080. The van der Waals surface area contributed by atoms with Gasteiger partial charge in [-0.05, 0) is 82.9 Å². The highest BCUT2D eigenvalue weighted by molar-refractivity contribution is 9.10. The molecule has 10 nitrogen and oxygen atoms in total. The minimum atomic E-state index is -4.38. The second-order valence-corrected chi connectivity index (χ2v) is 20.2. The average Bonchev–Trinajstić information content (AvgIpc) is 3.44. The Kier molecular flexibility index (Phi) is 12.8. The highest BCUT2D eigenvalue weighted by atomic mass is 79.9. The SMILES string of the molecule is CCOC(=O)[C@@H](Cc1cc(O[Si](C)(C)C(C)(C)C)ccc1OCc1ccnc(OCCC(F)(F)F)n1)Oc1ncnc2sc(-c3ccc(F)cc3)c(Br)c12. The standard InChI is InChI=1S/C37H39BrF4N4O6SSi/c1-7-48-34(47)28(51-32-29-30(38)31(53-33(29)45-21-44-32)22-8-10-24(39)11-9-22)19-23-18-26(52-54(5,6)36(2,3)4)12-13-27(23)50-20-25-14-16-43-35(46-25)49-17-15-37(40,41)42/h8-14,16,18,21,28H,7,15,17,19-20H2,1-6H3/t28-/m1/s1. The van der Waals surface area contributed by atoms with Gasteiger partial charge < -0.3 is 23.4 Å². The maximum atomic E-state index is 13.7. The van der Waals surface area contributed by atoms with Gasteiger partial charge >= 0.3 is 18.2 Å².